The Morgan fingerprint density at radius 3 is 2.77 bits per heavy atom. The Hall–Kier alpha value is -2.00. The van der Waals surface area contributed by atoms with Gasteiger partial charge in [-0.15, -0.1) is 5.10 Å². The largest absolute Gasteiger partial charge is 0.433 e. The van der Waals surface area contributed by atoms with Gasteiger partial charge in [0.2, 0.25) is 0 Å². The number of hydrogen-bond donors (Lipinski definition) is 1. The maximum absolute atomic E-state index is 13.1. The number of alkyl halides is 3. The second-order valence-electron chi connectivity index (χ2n) is 8.61. The van der Waals surface area contributed by atoms with Crippen LogP contribution in [0, 0.1) is 5.92 Å². The number of pyridine rings is 1. The van der Waals surface area contributed by atoms with E-state index in [1.165, 1.54) is 6.07 Å². The normalized spacial score (nSPS) is 27.9. The fourth-order valence-electron chi connectivity index (χ4n) is 4.65. The predicted octanol–water partition coefficient (Wildman–Crippen LogP) is 3.96. The number of rotatable bonds is 4. The van der Waals surface area contributed by atoms with Crippen LogP contribution in [-0.2, 0) is 10.9 Å². The molecule has 1 aliphatic heterocycles. The quantitative estimate of drug-likeness (QED) is 0.810. The Kier molecular flexibility index (Phi) is 5.26. The monoisotopic (exact) mass is 421 g/mol. The van der Waals surface area contributed by atoms with Crippen molar-refractivity contribution in [3.8, 4) is 11.5 Å². The molecule has 3 heterocycles. The summed E-state index contributed by atoms with van der Waals surface area (Å²) in [5.41, 5.74) is -0.736. The number of aromatic nitrogens is 4. The molecule has 3 atom stereocenters. The molecule has 6 nitrogen and oxygen atoms in total. The zero-order valence-corrected chi connectivity index (χ0v) is 16.7. The summed E-state index contributed by atoms with van der Waals surface area (Å²) in [6.07, 6.45) is 1.91. The fraction of sp³-hybridized carbons (Fsp3) is 0.667. The Morgan fingerprint density at radius 2 is 1.97 bits per heavy atom. The highest BCUT2D eigenvalue weighted by Gasteiger charge is 2.38. The van der Waals surface area contributed by atoms with Crippen molar-refractivity contribution in [1.82, 2.24) is 25.1 Å². The van der Waals surface area contributed by atoms with Crippen molar-refractivity contribution < 1.29 is 17.9 Å². The molecule has 0 radical (unpaired) electrons. The number of nitrogens with zero attached hydrogens (tertiary/aromatic N) is 4. The van der Waals surface area contributed by atoms with E-state index in [0.717, 1.165) is 70.1 Å². The van der Waals surface area contributed by atoms with Crippen molar-refractivity contribution in [3.05, 3.63) is 29.7 Å². The van der Waals surface area contributed by atoms with Crippen LogP contribution in [0.15, 0.2) is 18.2 Å². The molecule has 2 aromatic heterocycles. The summed E-state index contributed by atoms with van der Waals surface area (Å²) in [4.78, 5) is 8.49. The summed E-state index contributed by atoms with van der Waals surface area (Å²) >= 11 is 0. The first kappa shape index (κ1) is 19.9. The van der Waals surface area contributed by atoms with E-state index in [0.29, 0.717) is 17.8 Å². The van der Waals surface area contributed by atoms with Crippen LogP contribution in [0.25, 0.3) is 11.5 Å². The summed E-state index contributed by atoms with van der Waals surface area (Å²) in [6, 6.07) is 4.20. The molecular formula is C21H26F3N5O. The molecule has 0 spiro atoms. The third-order valence-corrected chi connectivity index (χ3v) is 6.36. The number of hydrogen-bond acceptors (Lipinski definition) is 5. The molecule has 5 rings (SSSR count). The molecule has 2 aliphatic carbocycles. The molecule has 162 valence electrons. The maximum atomic E-state index is 13.1. The van der Waals surface area contributed by atoms with E-state index in [-0.39, 0.29) is 17.7 Å². The summed E-state index contributed by atoms with van der Waals surface area (Å²) in [7, 11) is 0. The summed E-state index contributed by atoms with van der Waals surface area (Å²) < 4.78 is 47.2. The van der Waals surface area contributed by atoms with Gasteiger partial charge in [-0.25, -0.2) is 14.6 Å². The molecule has 3 fully saturated rings. The minimum absolute atomic E-state index is 0.177. The molecule has 1 N–H and O–H groups in total. The molecule has 3 aliphatic rings. The first-order chi connectivity index (χ1) is 14.5. The summed E-state index contributed by atoms with van der Waals surface area (Å²) in [5, 5.41) is 8.05. The minimum atomic E-state index is -4.48. The lowest BCUT2D eigenvalue weighted by Crippen LogP contribution is -2.31. The van der Waals surface area contributed by atoms with Crippen LogP contribution >= 0.6 is 0 Å². The van der Waals surface area contributed by atoms with Gasteiger partial charge in [0.15, 0.2) is 5.82 Å². The van der Waals surface area contributed by atoms with Crippen LogP contribution in [0.4, 0.5) is 13.2 Å². The van der Waals surface area contributed by atoms with Gasteiger partial charge in [-0.2, -0.15) is 13.2 Å². The maximum Gasteiger partial charge on any atom is 0.433 e. The predicted molar refractivity (Wildman–Crippen MR) is 104 cm³/mol. The van der Waals surface area contributed by atoms with Crippen LogP contribution in [0.5, 0.6) is 0 Å². The Balaban J connectivity index is 1.39. The number of halogens is 3. The average Bonchev–Trinajstić information content (AvgIpc) is 3.39. The highest BCUT2D eigenvalue weighted by molar-refractivity contribution is 5.49. The zero-order valence-electron chi connectivity index (χ0n) is 16.7. The first-order valence-corrected chi connectivity index (χ1v) is 10.8. The topological polar surface area (TPSA) is 64.9 Å². The number of ether oxygens (including phenoxy) is 1. The molecule has 2 aromatic rings. The molecule has 0 amide bonds. The van der Waals surface area contributed by atoms with Gasteiger partial charge in [-0.1, -0.05) is 6.07 Å². The lowest BCUT2D eigenvalue weighted by Gasteiger charge is -2.22. The summed E-state index contributed by atoms with van der Waals surface area (Å²) in [6.45, 7) is 2.67. The van der Waals surface area contributed by atoms with E-state index in [1.807, 2.05) is 4.68 Å². The van der Waals surface area contributed by atoms with Crippen LogP contribution in [0.3, 0.4) is 0 Å². The van der Waals surface area contributed by atoms with Gasteiger partial charge in [0.05, 0.1) is 12.1 Å². The Bertz CT molecular complexity index is 887. The van der Waals surface area contributed by atoms with Gasteiger partial charge < -0.3 is 10.1 Å². The van der Waals surface area contributed by atoms with Crippen molar-refractivity contribution in [2.24, 2.45) is 5.92 Å². The van der Waals surface area contributed by atoms with Crippen molar-refractivity contribution in [1.29, 1.82) is 0 Å². The van der Waals surface area contributed by atoms with Crippen molar-refractivity contribution in [2.75, 3.05) is 19.7 Å². The zero-order chi connectivity index (χ0) is 20.7. The van der Waals surface area contributed by atoms with Crippen LogP contribution in [0.1, 0.15) is 62.0 Å². The fourth-order valence-corrected chi connectivity index (χ4v) is 4.65. The highest BCUT2D eigenvalue weighted by Crippen LogP contribution is 2.44. The lowest BCUT2D eigenvalue weighted by atomic mass is 9.98. The van der Waals surface area contributed by atoms with E-state index in [4.69, 9.17) is 9.72 Å². The molecule has 1 unspecified atom stereocenters. The molecule has 1 saturated heterocycles. The van der Waals surface area contributed by atoms with Crippen molar-refractivity contribution in [2.45, 2.75) is 62.8 Å². The van der Waals surface area contributed by atoms with Crippen LogP contribution < -0.4 is 5.32 Å². The first-order valence-electron chi connectivity index (χ1n) is 10.8. The van der Waals surface area contributed by atoms with Crippen molar-refractivity contribution >= 4 is 0 Å². The van der Waals surface area contributed by atoms with Gasteiger partial charge in [0.25, 0.3) is 0 Å². The molecular weight excluding hydrogens is 395 g/mol. The third-order valence-electron chi connectivity index (χ3n) is 6.36. The van der Waals surface area contributed by atoms with Gasteiger partial charge in [0.1, 0.15) is 17.2 Å². The second-order valence-corrected chi connectivity index (χ2v) is 8.61. The minimum Gasteiger partial charge on any atom is -0.377 e. The van der Waals surface area contributed by atoms with E-state index >= 15 is 0 Å². The smallest absolute Gasteiger partial charge is 0.377 e. The number of nitrogens with one attached hydrogen (secondary N) is 1. The molecule has 0 bridgehead atoms. The van der Waals surface area contributed by atoms with Crippen LogP contribution in [0.2, 0.25) is 0 Å². The van der Waals surface area contributed by atoms with Gasteiger partial charge in [0, 0.05) is 19.1 Å². The third kappa shape index (κ3) is 4.09. The molecule has 2 saturated carbocycles. The van der Waals surface area contributed by atoms with E-state index in [2.05, 4.69) is 15.4 Å². The SMILES string of the molecule is FC(F)(F)c1cccc(-c2nc([C@@H]3CC[C@H](C4CNCCCO4)C3)n(C3CC3)n2)n1. The van der Waals surface area contributed by atoms with E-state index in [9.17, 15) is 13.2 Å². The van der Waals surface area contributed by atoms with Gasteiger partial charge in [-0.3, -0.25) is 0 Å². The van der Waals surface area contributed by atoms with Gasteiger partial charge in [-0.05, 0) is 63.1 Å². The van der Waals surface area contributed by atoms with E-state index in [1.54, 1.807) is 6.07 Å². The average molecular weight is 421 g/mol. The standard InChI is InChI=1S/C21H26F3N5O/c22-21(23,24)18-4-1-3-16(26-18)19-27-20(29(28-19)15-7-8-15)14-6-5-13(11-14)17-12-25-9-2-10-30-17/h1,3-4,13-15,17,25H,2,5-12H2/t13-,14+,17?/m0/s1. The van der Waals surface area contributed by atoms with Crippen LogP contribution in [-0.4, -0.2) is 45.5 Å². The molecule has 9 heteroatoms. The Labute approximate surface area is 173 Å². The highest BCUT2D eigenvalue weighted by atomic mass is 19.4. The molecule has 0 aromatic carbocycles. The second kappa shape index (κ2) is 7.92. The summed E-state index contributed by atoms with van der Waals surface area (Å²) in [5.74, 6) is 1.92. The molecule has 30 heavy (non-hydrogen) atoms. The van der Waals surface area contributed by atoms with Crippen molar-refractivity contribution in [3.63, 3.8) is 0 Å². The Morgan fingerprint density at radius 1 is 1.10 bits per heavy atom. The van der Waals surface area contributed by atoms with E-state index < -0.39 is 11.9 Å². The van der Waals surface area contributed by atoms with Gasteiger partial charge >= 0.3 is 6.18 Å². The lowest BCUT2D eigenvalue weighted by molar-refractivity contribution is -0.141.